The predicted molar refractivity (Wildman–Crippen MR) is 77.6 cm³/mol. The Morgan fingerprint density at radius 3 is 3.24 bits per heavy atom. The van der Waals surface area contributed by atoms with Crippen LogP contribution in [0, 0.1) is 0 Å². The molecule has 3 rings (SSSR count). The summed E-state index contributed by atoms with van der Waals surface area (Å²) in [6, 6.07) is 1.34. The van der Waals surface area contributed by atoms with Crippen LogP contribution in [0.1, 0.15) is 6.42 Å². The van der Waals surface area contributed by atoms with E-state index in [0.717, 1.165) is 5.39 Å². The molecule has 0 aliphatic carbocycles. The van der Waals surface area contributed by atoms with Crippen LogP contribution in [-0.2, 0) is 4.79 Å². The number of carbonyl (C=O) groups is 1. The van der Waals surface area contributed by atoms with Crippen LogP contribution in [0.5, 0.6) is 0 Å². The van der Waals surface area contributed by atoms with Crippen molar-refractivity contribution in [2.75, 3.05) is 18.4 Å². The van der Waals surface area contributed by atoms with Crippen LogP contribution < -0.4 is 5.32 Å². The van der Waals surface area contributed by atoms with Crippen LogP contribution in [0.2, 0.25) is 0 Å². The Balaban J connectivity index is 1.80. The monoisotopic (exact) mass is 289 g/mol. The van der Waals surface area contributed by atoms with E-state index >= 15 is 0 Å². The molecule has 0 bridgehead atoms. The van der Waals surface area contributed by atoms with Crippen LogP contribution in [0.25, 0.3) is 11.0 Å². The van der Waals surface area contributed by atoms with Crippen molar-refractivity contribution in [3.05, 3.63) is 31.2 Å². The van der Waals surface area contributed by atoms with E-state index in [1.54, 1.807) is 11.1 Å². The van der Waals surface area contributed by atoms with Gasteiger partial charge in [-0.25, -0.2) is 14.4 Å². The van der Waals surface area contributed by atoms with Gasteiger partial charge >= 0.3 is 0 Å². The number of aromatic nitrogens is 3. The van der Waals surface area contributed by atoms with Crippen molar-refractivity contribution >= 4 is 22.8 Å². The quantitative estimate of drug-likeness (QED) is 0.840. The molecule has 1 saturated heterocycles. The molecule has 0 saturated carbocycles. The van der Waals surface area contributed by atoms with Gasteiger partial charge in [-0.05, 0) is 18.6 Å². The molecule has 0 unspecified atom stereocenters. The maximum Gasteiger partial charge on any atom is 0.246 e. The minimum atomic E-state index is -1.03. The Kier molecular flexibility index (Phi) is 3.55. The topological polar surface area (TPSA) is 73.9 Å². The summed E-state index contributed by atoms with van der Waals surface area (Å²) >= 11 is 0. The van der Waals surface area contributed by atoms with Crippen molar-refractivity contribution in [3.8, 4) is 0 Å². The molecular weight excluding hydrogens is 273 g/mol. The summed E-state index contributed by atoms with van der Waals surface area (Å²) in [7, 11) is 0. The zero-order chi connectivity index (χ0) is 14.8. The first-order chi connectivity index (χ1) is 10.2. The second-order valence-electron chi connectivity index (χ2n) is 5.01. The maximum absolute atomic E-state index is 14.1. The number of halogens is 1. The fourth-order valence-electron chi connectivity index (χ4n) is 2.55. The lowest BCUT2D eigenvalue weighted by Crippen LogP contribution is -2.50. The van der Waals surface area contributed by atoms with Crippen molar-refractivity contribution in [1.82, 2.24) is 19.9 Å². The summed E-state index contributed by atoms with van der Waals surface area (Å²) in [5.41, 5.74) is 0.692. The number of hydrogen-bond donors (Lipinski definition) is 2. The second kappa shape index (κ2) is 5.51. The lowest BCUT2D eigenvalue weighted by atomic mass is 10.0. The lowest BCUT2D eigenvalue weighted by molar-refractivity contribution is -0.127. The van der Waals surface area contributed by atoms with Gasteiger partial charge in [-0.3, -0.25) is 4.79 Å². The summed E-state index contributed by atoms with van der Waals surface area (Å²) in [5.74, 6) is 0.394. The van der Waals surface area contributed by atoms with E-state index in [2.05, 4.69) is 26.8 Å². The van der Waals surface area contributed by atoms with E-state index < -0.39 is 12.2 Å². The fraction of sp³-hybridized carbons (Fsp3) is 0.357. The molecule has 0 radical (unpaired) electrons. The summed E-state index contributed by atoms with van der Waals surface area (Å²) in [4.78, 5) is 24.5. The van der Waals surface area contributed by atoms with Gasteiger partial charge in [0.15, 0.2) is 0 Å². The minimum absolute atomic E-state index is 0.178. The molecule has 3 heterocycles. The second-order valence-corrected chi connectivity index (χ2v) is 5.01. The lowest BCUT2D eigenvalue weighted by Gasteiger charge is -2.35. The third-order valence-electron chi connectivity index (χ3n) is 3.69. The zero-order valence-electron chi connectivity index (χ0n) is 11.4. The van der Waals surface area contributed by atoms with Gasteiger partial charge in [0.2, 0.25) is 5.91 Å². The van der Waals surface area contributed by atoms with Gasteiger partial charge in [0.25, 0.3) is 0 Å². The Morgan fingerprint density at radius 2 is 2.43 bits per heavy atom. The SMILES string of the molecule is C=CC(=O)N1CC[C@@H](F)[C@@H](Nc2ncnc3[nH]ccc23)C1. The van der Waals surface area contributed by atoms with Gasteiger partial charge in [0.1, 0.15) is 24.0 Å². The number of nitrogens with zero attached hydrogens (tertiary/aromatic N) is 3. The average molecular weight is 289 g/mol. The first kappa shape index (κ1) is 13.5. The van der Waals surface area contributed by atoms with Crippen molar-refractivity contribution < 1.29 is 9.18 Å². The highest BCUT2D eigenvalue weighted by Gasteiger charge is 2.31. The number of carbonyl (C=O) groups excluding carboxylic acids is 1. The highest BCUT2D eigenvalue weighted by molar-refractivity contribution is 5.88. The van der Waals surface area contributed by atoms with E-state index in [4.69, 9.17) is 0 Å². The molecule has 2 atom stereocenters. The van der Waals surface area contributed by atoms with Crippen LogP contribution in [0.3, 0.4) is 0 Å². The predicted octanol–water partition coefficient (Wildman–Crippen LogP) is 1.49. The smallest absolute Gasteiger partial charge is 0.246 e. The Hall–Kier alpha value is -2.44. The minimum Gasteiger partial charge on any atom is -0.362 e. The molecule has 2 aromatic heterocycles. The highest BCUT2D eigenvalue weighted by Crippen LogP contribution is 2.22. The molecule has 0 aromatic carbocycles. The van der Waals surface area contributed by atoms with Crippen molar-refractivity contribution in [3.63, 3.8) is 0 Å². The Bertz CT molecular complexity index is 670. The number of alkyl halides is 1. The largest absolute Gasteiger partial charge is 0.362 e. The molecule has 1 fully saturated rings. The molecule has 110 valence electrons. The van der Waals surface area contributed by atoms with Gasteiger partial charge in [-0.2, -0.15) is 0 Å². The molecule has 2 N–H and O–H groups in total. The highest BCUT2D eigenvalue weighted by atomic mass is 19.1. The number of aromatic amines is 1. The van der Waals surface area contributed by atoms with E-state index in [-0.39, 0.29) is 5.91 Å². The summed E-state index contributed by atoms with van der Waals surface area (Å²) < 4.78 is 14.1. The number of anilines is 1. The number of H-pyrrole nitrogens is 1. The zero-order valence-corrected chi connectivity index (χ0v) is 11.4. The van der Waals surface area contributed by atoms with Crippen molar-refractivity contribution in [2.45, 2.75) is 18.6 Å². The molecule has 1 aliphatic heterocycles. The first-order valence-corrected chi connectivity index (χ1v) is 6.79. The number of rotatable bonds is 3. The molecule has 2 aromatic rings. The number of nitrogens with one attached hydrogen (secondary N) is 2. The molecule has 6 nitrogen and oxygen atoms in total. The maximum atomic E-state index is 14.1. The standard InChI is InChI=1S/C14H16FN5O/c1-2-12(21)20-6-4-10(15)11(7-20)19-14-9-3-5-16-13(9)17-8-18-14/h2-3,5,8,10-11H,1,4,6-7H2,(H2,16,17,18,19)/t10-,11+/m1/s1. The summed E-state index contributed by atoms with van der Waals surface area (Å²) in [6.07, 6.45) is 3.71. The number of piperidine rings is 1. The van der Waals surface area contributed by atoms with Gasteiger partial charge < -0.3 is 15.2 Å². The summed E-state index contributed by atoms with van der Waals surface area (Å²) in [5, 5.41) is 3.90. The van der Waals surface area contributed by atoms with Gasteiger partial charge in [-0.15, -0.1) is 0 Å². The Morgan fingerprint density at radius 1 is 1.57 bits per heavy atom. The summed E-state index contributed by atoms with van der Waals surface area (Å²) in [6.45, 7) is 4.17. The fourth-order valence-corrected chi connectivity index (χ4v) is 2.55. The Labute approximate surface area is 121 Å². The van der Waals surface area contributed by atoms with Crippen LogP contribution in [0.4, 0.5) is 10.2 Å². The molecule has 1 amide bonds. The molecule has 1 aliphatic rings. The van der Waals surface area contributed by atoms with E-state index in [0.29, 0.717) is 31.0 Å². The van der Waals surface area contributed by atoms with Gasteiger partial charge in [-0.1, -0.05) is 6.58 Å². The average Bonchev–Trinajstić information content (AvgIpc) is 2.98. The molecular formula is C14H16FN5O. The van der Waals surface area contributed by atoms with E-state index in [1.807, 2.05) is 6.07 Å². The van der Waals surface area contributed by atoms with E-state index in [9.17, 15) is 9.18 Å². The molecule has 21 heavy (non-hydrogen) atoms. The molecule has 7 heteroatoms. The number of hydrogen-bond acceptors (Lipinski definition) is 4. The number of amides is 1. The van der Waals surface area contributed by atoms with Crippen molar-refractivity contribution in [2.24, 2.45) is 0 Å². The third kappa shape index (κ3) is 2.58. The molecule has 0 spiro atoms. The van der Waals surface area contributed by atoms with Gasteiger partial charge in [0, 0.05) is 19.3 Å². The van der Waals surface area contributed by atoms with Crippen LogP contribution in [-0.4, -0.2) is 51.1 Å². The van der Waals surface area contributed by atoms with Crippen LogP contribution in [0.15, 0.2) is 31.2 Å². The normalized spacial score (nSPS) is 22.2. The third-order valence-corrected chi connectivity index (χ3v) is 3.69. The van der Waals surface area contributed by atoms with E-state index in [1.165, 1.54) is 12.4 Å². The van der Waals surface area contributed by atoms with Crippen molar-refractivity contribution in [1.29, 1.82) is 0 Å². The van der Waals surface area contributed by atoms with Crippen LogP contribution >= 0.6 is 0 Å². The number of likely N-dealkylation sites (tertiary alicyclic amines) is 1. The first-order valence-electron chi connectivity index (χ1n) is 6.79. The van der Waals surface area contributed by atoms with Gasteiger partial charge in [0.05, 0.1) is 11.4 Å². The number of fused-ring (bicyclic) bond motifs is 1.